The summed E-state index contributed by atoms with van der Waals surface area (Å²) in [5, 5.41) is 11.1. The third-order valence-electron chi connectivity index (χ3n) is 5.91. The summed E-state index contributed by atoms with van der Waals surface area (Å²) in [4.78, 5) is 30.0. The monoisotopic (exact) mass is 428 g/mol. The molecule has 1 aliphatic heterocycles. The summed E-state index contributed by atoms with van der Waals surface area (Å²) in [6.07, 6.45) is 4.26. The Labute approximate surface area is 185 Å². The van der Waals surface area contributed by atoms with Gasteiger partial charge in [0.2, 0.25) is 0 Å². The molecular formula is C24H24N6O2. The molecule has 5 rings (SSSR count). The number of hydrogen-bond donors (Lipinski definition) is 2. The molecule has 1 aliphatic rings. The molecule has 0 bridgehead atoms. The van der Waals surface area contributed by atoms with Crippen LogP contribution in [0.15, 0.2) is 60.9 Å². The van der Waals surface area contributed by atoms with Crippen LogP contribution in [0.5, 0.6) is 0 Å². The first-order valence-electron chi connectivity index (χ1n) is 10.7. The molecule has 0 saturated heterocycles. The van der Waals surface area contributed by atoms with E-state index in [9.17, 15) is 9.59 Å². The Hall–Kier alpha value is -3.94. The van der Waals surface area contributed by atoms with Gasteiger partial charge in [-0.15, -0.1) is 0 Å². The Morgan fingerprint density at radius 3 is 2.78 bits per heavy atom. The third-order valence-corrected chi connectivity index (χ3v) is 5.91. The van der Waals surface area contributed by atoms with Crippen LogP contribution in [0.1, 0.15) is 52.9 Å². The quantitative estimate of drug-likeness (QED) is 0.508. The number of aromatic nitrogens is 4. The molecule has 162 valence electrons. The molecule has 1 aromatic carbocycles. The van der Waals surface area contributed by atoms with E-state index in [1.54, 1.807) is 23.1 Å². The Bertz CT molecular complexity index is 1310. The Morgan fingerprint density at radius 2 is 2.00 bits per heavy atom. The predicted molar refractivity (Wildman–Crippen MR) is 122 cm³/mol. The number of anilines is 1. The first-order valence-corrected chi connectivity index (χ1v) is 10.7. The van der Waals surface area contributed by atoms with Crippen molar-refractivity contribution in [3.05, 3.63) is 77.9 Å². The third kappa shape index (κ3) is 3.53. The fourth-order valence-corrected chi connectivity index (χ4v) is 4.35. The van der Waals surface area contributed by atoms with Crippen molar-refractivity contribution in [3.63, 3.8) is 0 Å². The molecule has 4 aromatic rings. The number of carbonyl (C=O) groups is 2. The van der Waals surface area contributed by atoms with E-state index in [-0.39, 0.29) is 23.9 Å². The lowest BCUT2D eigenvalue weighted by atomic mass is 10.0. The average molecular weight is 428 g/mol. The van der Waals surface area contributed by atoms with Gasteiger partial charge in [-0.1, -0.05) is 37.3 Å². The van der Waals surface area contributed by atoms with Gasteiger partial charge in [-0.3, -0.25) is 14.3 Å². The normalized spacial score (nSPS) is 17.8. The smallest absolute Gasteiger partial charge is 0.274 e. The van der Waals surface area contributed by atoms with Crippen LogP contribution in [0.4, 0.5) is 5.69 Å². The van der Waals surface area contributed by atoms with E-state index in [1.807, 2.05) is 54.0 Å². The van der Waals surface area contributed by atoms with Crippen LogP contribution >= 0.6 is 0 Å². The second-order valence-electron chi connectivity index (χ2n) is 8.11. The van der Waals surface area contributed by atoms with Gasteiger partial charge < -0.3 is 15.2 Å². The van der Waals surface area contributed by atoms with E-state index in [0.717, 1.165) is 17.4 Å². The van der Waals surface area contributed by atoms with Gasteiger partial charge in [0, 0.05) is 17.6 Å². The van der Waals surface area contributed by atoms with Crippen LogP contribution in [-0.2, 0) is 6.54 Å². The summed E-state index contributed by atoms with van der Waals surface area (Å²) in [5.41, 5.74) is 3.26. The number of benzene rings is 1. The lowest BCUT2D eigenvalue weighted by molar-refractivity contribution is 0.0885. The van der Waals surface area contributed by atoms with Gasteiger partial charge >= 0.3 is 0 Å². The molecule has 3 aromatic heterocycles. The van der Waals surface area contributed by atoms with Gasteiger partial charge in [0.25, 0.3) is 11.8 Å². The number of hydrogen-bond acceptors (Lipinski definition) is 4. The largest absolute Gasteiger partial charge is 0.346 e. The molecule has 0 spiro atoms. The van der Waals surface area contributed by atoms with Crippen LogP contribution in [0.25, 0.3) is 11.0 Å². The maximum atomic E-state index is 12.9. The highest BCUT2D eigenvalue weighted by atomic mass is 16.2. The summed E-state index contributed by atoms with van der Waals surface area (Å²) < 4.78 is 3.74. The minimum atomic E-state index is -0.317. The van der Waals surface area contributed by atoms with Gasteiger partial charge in [-0.25, -0.2) is 4.98 Å². The molecular weight excluding hydrogens is 404 g/mol. The highest BCUT2D eigenvalue weighted by Gasteiger charge is 2.32. The summed E-state index contributed by atoms with van der Waals surface area (Å²) >= 11 is 0. The van der Waals surface area contributed by atoms with Gasteiger partial charge in [0.05, 0.1) is 24.5 Å². The van der Waals surface area contributed by atoms with E-state index in [0.29, 0.717) is 29.3 Å². The molecule has 2 unspecified atom stereocenters. The molecule has 8 heteroatoms. The van der Waals surface area contributed by atoms with Crippen molar-refractivity contribution < 1.29 is 9.59 Å². The summed E-state index contributed by atoms with van der Waals surface area (Å²) in [5.74, 6) is -0.430. The SMILES string of the molecule is CCC1C(C)NC(=O)c2cc3ccc(C(=O)Nc4cnn(Cc5ccccc5)c4)nc3n21. The van der Waals surface area contributed by atoms with E-state index >= 15 is 0 Å². The van der Waals surface area contributed by atoms with Crippen LogP contribution in [0.3, 0.4) is 0 Å². The van der Waals surface area contributed by atoms with E-state index in [1.165, 1.54) is 0 Å². The minimum Gasteiger partial charge on any atom is -0.346 e. The number of fused-ring (bicyclic) bond motifs is 3. The minimum absolute atomic E-state index is 0.00895. The van der Waals surface area contributed by atoms with Gasteiger partial charge in [-0.05, 0) is 37.1 Å². The van der Waals surface area contributed by atoms with E-state index in [4.69, 9.17) is 0 Å². The summed E-state index contributed by atoms with van der Waals surface area (Å²) in [6, 6.07) is 15.4. The van der Waals surface area contributed by atoms with Crippen LogP contribution in [0, 0.1) is 0 Å². The Balaban J connectivity index is 1.40. The van der Waals surface area contributed by atoms with Crippen molar-refractivity contribution in [3.8, 4) is 0 Å². The maximum Gasteiger partial charge on any atom is 0.274 e. The molecule has 4 heterocycles. The van der Waals surface area contributed by atoms with Crippen molar-refractivity contribution in [2.24, 2.45) is 0 Å². The Morgan fingerprint density at radius 1 is 1.19 bits per heavy atom. The van der Waals surface area contributed by atoms with Crippen molar-refractivity contribution >= 4 is 28.5 Å². The summed E-state index contributed by atoms with van der Waals surface area (Å²) in [6.45, 7) is 4.69. The first-order chi connectivity index (χ1) is 15.5. The summed E-state index contributed by atoms with van der Waals surface area (Å²) in [7, 11) is 0. The molecule has 32 heavy (non-hydrogen) atoms. The zero-order valence-corrected chi connectivity index (χ0v) is 17.9. The van der Waals surface area contributed by atoms with Crippen molar-refractivity contribution in [1.82, 2.24) is 24.6 Å². The molecule has 2 N–H and O–H groups in total. The predicted octanol–water partition coefficient (Wildman–Crippen LogP) is 3.62. The zero-order valence-electron chi connectivity index (χ0n) is 17.9. The lowest BCUT2D eigenvalue weighted by Crippen LogP contribution is -2.45. The molecule has 2 atom stereocenters. The maximum absolute atomic E-state index is 12.9. The number of carbonyl (C=O) groups excluding carboxylic acids is 2. The van der Waals surface area contributed by atoms with Crippen LogP contribution in [0.2, 0.25) is 0 Å². The van der Waals surface area contributed by atoms with Crippen molar-refractivity contribution in [1.29, 1.82) is 0 Å². The number of pyridine rings is 1. The molecule has 0 radical (unpaired) electrons. The van der Waals surface area contributed by atoms with Crippen LogP contribution < -0.4 is 10.6 Å². The topological polar surface area (TPSA) is 93.8 Å². The number of nitrogens with zero attached hydrogens (tertiary/aromatic N) is 4. The number of nitrogens with one attached hydrogen (secondary N) is 2. The van der Waals surface area contributed by atoms with Crippen molar-refractivity contribution in [2.45, 2.75) is 38.9 Å². The molecule has 0 aliphatic carbocycles. The number of rotatable bonds is 5. The standard InChI is InChI=1S/C24H24N6O2/c1-3-20-15(2)26-24(32)21-11-17-9-10-19(28-22(17)30(20)21)23(31)27-18-12-25-29(14-18)13-16-7-5-4-6-8-16/h4-12,14-15,20H,3,13H2,1-2H3,(H,26,32)(H,27,31). The lowest BCUT2D eigenvalue weighted by Gasteiger charge is -2.32. The van der Waals surface area contributed by atoms with E-state index < -0.39 is 0 Å². The second-order valence-corrected chi connectivity index (χ2v) is 8.11. The molecule has 0 fully saturated rings. The highest BCUT2D eigenvalue weighted by molar-refractivity contribution is 6.05. The zero-order chi connectivity index (χ0) is 22.2. The fourth-order valence-electron chi connectivity index (χ4n) is 4.35. The second kappa shape index (κ2) is 7.96. The van der Waals surface area contributed by atoms with Gasteiger partial charge in [0.15, 0.2) is 0 Å². The molecule has 2 amide bonds. The fraction of sp³-hybridized carbons (Fsp3) is 0.250. The molecule has 0 saturated carbocycles. The average Bonchev–Trinajstić information content (AvgIpc) is 3.39. The highest BCUT2D eigenvalue weighted by Crippen LogP contribution is 2.30. The Kier molecular flexibility index (Phi) is 4.97. The van der Waals surface area contributed by atoms with Crippen LogP contribution in [-0.4, -0.2) is 37.2 Å². The van der Waals surface area contributed by atoms with E-state index in [2.05, 4.69) is 27.6 Å². The number of amides is 2. The van der Waals surface area contributed by atoms with Gasteiger partial charge in [-0.2, -0.15) is 5.10 Å². The molecule has 8 nitrogen and oxygen atoms in total. The first kappa shape index (κ1) is 20.0. The van der Waals surface area contributed by atoms with Gasteiger partial charge in [0.1, 0.15) is 17.0 Å². The van der Waals surface area contributed by atoms with Crippen molar-refractivity contribution in [2.75, 3.05) is 5.32 Å².